The number of rotatable bonds is 9. The summed E-state index contributed by atoms with van der Waals surface area (Å²) in [6.07, 6.45) is 0.965. The lowest BCUT2D eigenvalue weighted by atomic mass is 10.2. The Balaban J connectivity index is 1.59. The normalized spacial score (nSPS) is 13.6. The second-order valence-corrected chi connectivity index (χ2v) is 12.9. The second kappa shape index (κ2) is 13.6. The molecule has 1 amide bonds. The monoisotopic (exact) mass is 615 g/mol. The highest BCUT2D eigenvalue weighted by Gasteiger charge is 2.20. The molecule has 0 atom stereocenters. The van der Waals surface area contributed by atoms with E-state index in [-0.39, 0.29) is 0 Å². The number of morpholine rings is 1. The van der Waals surface area contributed by atoms with Gasteiger partial charge >= 0.3 is 6.09 Å². The van der Waals surface area contributed by atoms with Crippen LogP contribution < -0.4 is 31.3 Å². The standard InChI is InChI=1S/C29H38ClN7O4S/c1-17(2)42-25-8-7-18(33-28(38)41-29(3,4)5)13-22(25)34-26-19(30)16-32-27(36-26)35-21-14-20(31)23(15-24(21)39-6)37-9-11-40-12-10-37/h7-8,13-17H,9-12,31H2,1-6H3,(H,33,38)(H2,32,34,35,36). The first-order valence-electron chi connectivity index (χ1n) is 13.6. The van der Waals surface area contributed by atoms with E-state index < -0.39 is 11.7 Å². The number of methoxy groups -OCH3 is 1. The maximum absolute atomic E-state index is 12.4. The lowest BCUT2D eigenvalue weighted by Crippen LogP contribution is -2.36. The van der Waals surface area contributed by atoms with Crippen molar-refractivity contribution >= 4 is 69.7 Å². The van der Waals surface area contributed by atoms with E-state index in [1.807, 2.05) is 45.0 Å². The Labute approximate surface area is 255 Å². The number of hydrogen-bond acceptors (Lipinski definition) is 11. The molecule has 226 valence electrons. The van der Waals surface area contributed by atoms with Crippen LogP contribution in [0, 0.1) is 0 Å². The summed E-state index contributed by atoms with van der Waals surface area (Å²) in [6.45, 7) is 12.4. The topological polar surface area (TPSA) is 136 Å². The van der Waals surface area contributed by atoms with Crippen LogP contribution in [0.2, 0.25) is 5.02 Å². The molecule has 2 heterocycles. The minimum atomic E-state index is -0.618. The minimum Gasteiger partial charge on any atom is -0.494 e. The highest BCUT2D eigenvalue weighted by molar-refractivity contribution is 8.00. The van der Waals surface area contributed by atoms with Crippen LogP contribution in [0.1, 0.15) is 34.6 Å². The van der Waals surface area contributed by atoms with Crippen LogP contribution >= 0.6 is 23.4 Å². The Morgan fingerprint density at radius 2 is 1.88 bits per heavy atom. The Bertz CT molecular complexity index is 1410. The van der Waals surface area contributed by atoms with Crippen molar-refractivity contribution < 1.29 is 19.0 Å². The molecule has 0 bridgehead atoms. The third-order valence-electron chi connectivity index (χ3n) is 5.93. The summed E-state index contributed by atoms with van der Waals surface area (Å²) < 4.78 is 16.5. The van der Waals surface area contributed by atoms with Gasteiger partial charge in [0.2, 0.25) is 5.95 Å². The zero-order valence-electron chi connectivity index (χ0n) is 24.7. The van der Waals surface area contributed by atoms with Crippen LogP contribution in [-0.4, -0.2) is 60.3 Å². The van der Waals surface area contributed by atoms with Crippen LogP contribution in [0.5, 0.6) is 5.75 Å². The smallest absolute Gasteiger partial charge is 0.412 e. The van der Waals surface area contributed by atoms with Gasteiger partial charge in [-0.25, -0.2) is 9.78 Å². The molecule has 42 heavy (non-hydrogen) atoms. The van der Waals surface area contributed by atoms with Crippen molar-refractivity contribution in [1.82, 2.24) is 9.97 Å². The van der Waals surface area contributed by atoms with Gasteiger partial charge in [0.25, 0.3) is 0 Å². The van der Waals surface area contributed by atoms with Crippen LogP contribution in [-0.2, 0) is 9.47 Å². The number of nitrogens with two attached hydrogens (primary N) is 1. The number of ether oxygens (including phenoxy) is 3. The summed E-state index contributed by atoms with van der Waals surface area (Å²) >= 11 is 8.19. The van der Waals surface area contributed by atoms with Gasteiger partial charge in [-0.3, -0.25) is 5.32 Å². The van der Waals surface area contributed by atoms with Crippen molar-refractivity contribution in [3.8, 4) is 5.75 Å². The molecule has 0 unspecified atom stereocenters. The number of thioether (sulfide) groups is 1. The van der Waals surface area contributed by atoms with Crippen molar-refractivity contribution in [2.24, 2.45) is 0 Å². The Kier molecular flexibility index (Phi) is 10.1. The molecule has 1 aromatic heterocycles. The highest BCUT2D eigenvalue weighted by Crippen LogP contribution is 2.38. The first-order chi connectivity index (χ1) is 19.9. The number of hydrogen-bond donors (Lipinski definition) is 4. The van der Waals surface area contributed by atoms with E-state index in [1.165, 1.54) is 6.20 Å². The Hall–Kier alpha value is -3.61. The van der Waals surface area contributed by atoms with E-state index in [0.717, 1.165) is 23.7 Å². The first kappa shape index (κ1) is 31.3. The van der Waals surface area contributed by atoms with E-state index in [1.54, 1.807) is 24.9 Å². The van der Waals surface area contributed by atoms with Crippen molar-refractivity contribution in [3.63, 3.8) is 0 Å². The predicted molar refractivity (Wildman–Crippen MR) is 171 cm³/mol. The number of nitrogens with one attached hydrogen (secondary N) is 3. The third kappa shape index (κ3) is 8.46. The molecule has 1 saturated heterocycles. The minimum absolute atomic E-state index is 0.291. The summed E-state index contributed by atoms with van der Waals surface area (Å²) in [5.41, 5.74) is 9.18. The van der Waals surface area contributed by atoms with Gasteiger partial charge in [-0.15, -0.1) is 11.8 Å². The van der Waals surface area contributed by atoms with Gasteiger partial charge in [-0.2, -0.15) is 4.98 Å². The van der Waals surface area contributed by atoms with Crippen molar-refractivity contribution in [2.75, 3.05) is 60.0 Å². The molecule has 0 spiro atoms. The molecule has 0 aliphatic carbocycles. The van der Waals surface area contributed by atoms with Gasteiger partial charge in [0.1, 0.15) is 16.4 Å². The molecule has 4 rings (SSSR count). The van der Waals surface area contributed by atoms with Gasteiger partial charge in [0.05, 0.1) is 49.3 Å². The maximum Gasteiger partial charge on any atom is 0.412 e. The molecule has 11 nitrogen and oxygen atoms in total. The van der Waals surface area contributed by atoms with Gasteiger partial charge in [0, 0.05) is 35.0 Å². The summed E-state index contributed by atoms with van der Waals surface area (Å²) in [7, 11) is 1.60. The molecule has 1 fully saturated rings. The number of anilines is 7. The number of carbonyl (C=O) groups excluding carboxylic acids is 1. The lowest BCUT2D eigenvalue weighted by molar-refractivity contribution is 0.0636. The number of nitrogen functional groups attached to an aromatic ring is 1. The average molecular weight is 616 g/mol. The number of aromatic nitrogens is 2. The molecule has 13 heteroatoms. The molecule has 5 N–H and O–H groups in total. The summed E-state index contributed by atoms with van der Waals surface area (Å²) in [6, 6.07) is 9.27. The maximum atomic E-state index is 12.4. The van der Waals surface area contributed by atoms with E-state index in [2.05, 4.69) is 44.7 Å². The zero-order valence-corrected chi connectivity index (χ0v) is 26.3. The summed E-state index contributed by atoms with van der Waals surface area (Å²) in [4.78, 5) is 24.5. The lowest BCUT2D eigenvalue weighted by Gasteiger charge is -2.30. The second-order valence-electron chi connectivity index (χ2n) is 10.9. The van der Waals surface area contributed by atoms with Crippen LogP contribution in [0.4, 0.5) is 45.0 Å². The van der Waals surface area contributed by atoms with Gasteiger partial charge in [0.15, 0.2) is 5.82 Å². The van der Waals surface area contributed by atoms with E-state index in [4.69, 9.17) is 31.5 Å². The molecule has 1 aliphatic heterocycles. The van der Waals surface area contributed by atoms with Crippen LogP contribution in [0.3, 0.4) is 0 Å². The molecule has 1 aliphatic rings. The van der Waals surface area contributed by atoms with Crippen molar-refractivity contribution in [1.29, 1.82) is 0 Å². The zero-order chi connectivity index (χ0) is 30.4. The summed E-state index contributed by atoms with van der Waals surface area (Å²) in [5, 5.41) is 9.94. The third-order valence-corrected chi connectivity index (χ3v) is 7.29. The first-order valence-corrected chi connectivity index (χ1v) is 14.8. The predicted octanol–water partition coefficient (Wildman–Crippen LogP) is 6.89. The molecule has 2 aromatic carbocycles. The fourth-order valence-electron chi connectivity index (χ4n) is 4.18. The van der Waals surface area contributed by atoms with Crippen LogP contribution in [0.15, 0.2) is 41.4 Å². The van der Waals surface area contributed by atoms with Gasteiger partial charge in [-0.1, -0.05) is 25.4 Å². The van der Waals surface area contributed by atoms with Gasteiger partial charge < -0.3 is 35.5 Å². The number of benzene rings is 2. The number of nitrogens with zero attached hydrogens (tertiary/aromatic N) is 3. The fraction of sp³-hybridized carbons (Fsp3) is 0.414. The largest absolute Gasteiger partial charge is 0.494 e. The average Bonchev–Trinajstić information content (AvgIpc) is 2.91. The van der Waals surface area contributed by atoms with E-state index in [0.29, 0.717) is 63.8 Å². The quantitative estimate of drug-likeness (QED) is 0.148. The number of carbonyl (C=O) groups is 1. The summed E-state index contributed by atoms with van der Waals surface area (Å²) in [5.74, 6) is 1.26. The van der Waals surface area contributed by atoms with E-state index in [9.17, 15) is 4.79 Å². The van der Waals surface area contributed by atoms with Gasteiger partial charge in [-0.05, 0) is 45.0 Å². The Morgan fingerprint density at radius 3 is 2.55 bits per heavy atom. The Morgan fingerprint density at radius 1 is 1.14 bits per heavy atom. The SMILES string of the molecule is COc1cc(N2CCOCC2)c(N)cc1Nc1ncc(Cl)c(Nc2cc(NC(=O)OC(C)(C)C)ccc2SC(C)C)n1. The molecule has 3 aromatic rings. The van der Waals surface area contributed by atoms with Crippen molar-refractivity contribution in [2.45, 2.75) is 50.4 Å². The molecular weight excluding hydrogens is 578 g/mol. The fourth-order valence-corrected chi connectivity index (χ4v) is 5.21. The highest BCUT2D eigenvalue weighted by atomic mass is 35.5. The molecular formula is C29H38ClN7O4S. The number of halogens is 1. The number of amides is 1. The van der Waals surface area contributed by atoms with Crippen LogP contribution in [0.25, 0.3) is 0 Å². The van der Waals surface area contributed by atoms with Crippen molar-refractivity contribution in [3.05, 3.63) is 41.6 Å². The van der Waals surface area contributed by atoms with E-state index >= 15 is 0 Å². The molecule has 0 saturated carbocycles. The molecule has 0 radical (unpaired) electrons.